The monoisotopic (exact) mass is 393 g/mol. The number of hydrogen-bond donors (Lipinski definition) is 0. The Bertz CT molecular complexity index is 1040. The van der Waals surface area contributed by atoms with Gasteiger partial charge in [0.2, 0.25) is 5.78 Å². The van der Waals surface area contributed by atoms with Crippen LogP contribution in [0.25, 0.3) is 6.08 Å². The van der Waals surface area contributed by atoms with Gasteiger partial charge in [-0.1, -0.05) is 12.1 Å². The number of carbonyl (C=O) groups is 1. The molecule has 5 rings (SSSR count). The van der Waals surface area contributed by atoms with Crippen LogP contribution in [0.1, 0.15) is 39.9 Å². The summed E-state index contributed by atoms with van der Waals surface area (Å²) in [4.78, 5) is 15.5. The molecule has 1 saturated carbocycles. The molecule has 0 N–H and O–H groups in total. The Morgan fingerprint density at radius 3 is 2.76 bits per heavy atom. The maximum atomic E-state index is 13.2. The lowest BCUT2D eigenvalue weighted by Gasteiger charge is -2.30. The van der Waals surface area contributed by atoms with Crippen LogP contribution in [-0.2, 0) is 6.54 Å². The fourth-order valence-electron chi connectivity index (χ4n) is 4.09. The molecule has 29 heavy (non-hydrogen) atoms. The van der Waals surface area contributed by atoms with Gasteiger partial charge in [-0.3, -0.25) is 9.69 Å². The number of rotatable bonds is 4. The number of fused-ring (bicyclic) bond motifs is 3. The quantitative estimate of drug-likeness (QED) is 0.734. The number of Topliss-reactive ketones (excluding diaryl/α,β-unsaturated/α-hetero) is 1. The van der Waals surface area contributed by atoms with Crippen LogP contribution in [-0.4, -0.2) is 37.7 Å². The lowest BCUT2D eigenvalue weighted by Crippen LogP contribution is -2.34. The van der Waals surface area contributed by atoms with Crippen LogP contribution in [0.5, 0.6) is 23.0 Å². The molecule has 0 aromatic heterocycles. The third-order valence-corrected chi connectivity index (χ3v) is 5.73. The predicted octanol–water partition coefficient (Wildman–Crippen LogP) is 3.94. The summed E-state index contributed by atoms with van der Waals surface area (Å²) in [6.07, 6.45) is 4.12. The van der Waals surface area contributed by atoms with Crippen molar-refractivity contribution in [3.63, 3.8) is 0 Å². The van der Waals surface area contributed by atoms with E-state index in [1.807, 2.05) is 31.2 Å². The van der Waals surface area contributed by atoms with Gasteiger partial charge in [0.05, 0.1) is 25.3 Å². The lowest BCUT2D eigenvalue weighted by atomic mass is 9.98. The standard InChI is InChI=1S/C23H23NO5/c1-13-9-18-16(11-24(12-28-18)15-7-8-15)23-20(13)21(25)19(29-23)10-14-5-4-6-17(26-2)22(14)27-3/h4-6,9-10,15H,7-8,11-12H2,1-3H3/b19-10-. The molecule has 1 aliphatic carbocycles. The summed E-state index contributed by atoms with van der Waals surface area (Å²) in [7, 11) is 3.17. The number of nitrogens with zero attached hydrogens (tertiary/aromatic N) is 1. The number of para-hydroxylation sites is 1. The molecule has 150 valence electrons. The van der Waals surface area contributed by atoms with E-state index in [1.54, 1.807) is 20.3 Å². The molecule has 2 aromatic carbocycles. The Morgan fingerprint density at radius 1 is 1.21 bits per heavy atom. The van der Waals surface area contributed by atoms with E-state index >= 15 is 0 Å². The van der Waals surface area contributed by atoms with E-state index in [-0.39, 0.29) is 11.5 Å². The summed E-state index contributed by atoms with van der Waals surface area (Å²) >= 11 is 0. The highest BCUT2D eigenvalue weighted by molar-refractivity contribution is 6.16. The minimum atomic E-state index is -0.117. The van der Waals surface area contributed by atoms with E-state index in [4.69, 9.17) is 18.9 Å². The third kappa shape index (κ3) is 2.95. The summed E-state index contributed by atoms with van der Waals surface area (Å²) in [6.45, 7) is 3.26. The van der Waals surface area contributed by atoms with Crippen molar-refractivity contribution in [2.75, 3.05) is 21.0 Å². The molecular weight excluding hydrogens is 370 g/mol. The second-order valence-electron chi connectivity index (χ2n) is 7.65. The summed E-state index contributed by atoms with van der Waals surface area (Å²) in [6, 6.07) is 8.07. The van der Waals surface area contributed by atoms with Crippen LogP contribution in [0.2, 0.25) is 0 Å². The number of allylic oxidation sites excluding steroid dienone is 1. The molecule has 6 heteroatoms. The van der Waals surface area contributed by atoms with Crippen LogP contribution in [0.4, 0.5) is 0 Å². The van der Waals surface area contributed by atoms with Crippen molar-refractivity contribution in [3.05, 3.63) is 52.3 Å². The van der Waals surface area contributed by atoms with Crippen LogP contribution in [0.15, 0.2) is 30.0 Å². The fourth-order valence-corrected chi connectivity index (χ4v) is 4.09. The highest BCUT2D eigenvalue weighted by Gasteiger charge is 2.38. The largest absolute Gasteiger partial charge is 0.493 e. The van der Waals surface area contributed by atoms with Gasteiger partial charge < -0.3 is 18.9 Å². The molecule has 3 aliphatic rings. The average molecular weight is 393 g/mol. The Hall–Kier alpha value is -2.99. The van der Waals surface area contributed by atoms with E-state index in [2.05, 4.69) is 4.90 Å². The van der Waals surface area contributed by atoms with Crippen molar-refractivity contribution in [1.82, 2.24) is 4.90 Å². The second kappa shape index (κ2) is 6.81. The van der Waals surface area contributed by atoms with Crippen LogP contribution >= 0.6 is 0 Å². The van der Waals surface area contributed by atoms with Gasteiger partial charge in [-0.05, 0) is 43.5 Å². The molecule has 2 aliphatic heterocycles. The number of carbonyl (C=O) groups excluding carboxylic acids is 1. The minimum absolute atomic E-state index is 0.117. The first-order chi connectivity index (χ1) is 14.1. The Morgan fingerprint density at radius 2 is 2.03 bits per heavy atom. The van der Waals surface area contributed by atoms with Crippen molar-refractivity contribution >= 4 is 11.9 Å². The molecule has 0 amide bonds. The molecule has 0 spiro atoms. The van der Waals surface area contributed by atoms with Crippen molar-refractivity contribution in [2.24, 2.45) is 0 Å². The van der Waals surface area contributed by atoms with Crippen LogP contribution in [0, 0.1) is 6.92 Å². The smallest absolute Gasteiger partial charge is 0.232 e. The number of ether oxygens (including phenoxy) is 4. The lowest BCUT2D eigenvalue weighted by molar-refractivity contribution is 0.0867. The molecule has 2 aromatic rings. The maximum Gasteiger partial charge on any atom is 0.232 e. The molecule has 0 radical (unpaired) electrons. The summed E-state index contributed by atoms with van der Waals surface area (Å²) in [5.74, 6) is 2.78. The van der Waals surface area contributed by atoms with Crippen molar-refractivity contribution in [1.29, 1.82) is 0 Å². The second-order valence-corrected chi connectivity index (χ2v) is 7.65. The van der Waals surface area contributed by atoms with Gasteiger partial charge in [0.15, 0.2) is 17.3 Å². The summed E-state index contributed by atoms with van der Waals surface area (Å²) in [5.41, 5.74) is 3.17. The van der Waals surface area contributed by atoms with E-state index in [0.29, 0.717) is 35.6 Å². The van der Waals surface area contributed by atoms with E-state index in [0.717, 1.165) is 29.0 Å². The zero-order valence-corrected chi connectivity index (χ0v) is 16.8. The van der Waals surface area contributed by atoms with Gasteiger partial charge in [-0.2, -0.15) is 0 Å². The first-order valence-corrected chi connectivity index (χ1v) is 9.79. The van der Waals surface area contributed by atoms with Crippen LogP contribution < -0.4 is 18.9 Å². The number of benzene rings is 2. The first kappa shape index (κ1) is 18.1. The van der Waals surface area contributed by atoms with Gasteiger partial charge >= 0.3 is 0 Å². The number of ketones is 1. The first-order valence-electron chi connectivity index (χ1n) is 9.79. The highest BCUT2D eigenvalue weighted by Crippen LogP contribution is 2.46. The summed E-state index contributed by atoms with van der Waals surface area (Å²) < 4.78 is 23.0. The van der Waals surface area contributed by atoms with Gasteiger partial charge in [-0.25, -0.2) is 0 Å². The van der Waals surface area contributed by atoms with Gasteiger partial charge in [0.1, 0.15) is 18.2 Å². The molecule has 0 bridgehead atoms. The normalized spacial score (nSPS) is 19.4. The minimum Gasteiger partial charge on any atom is -0.493 e. The Labute approximate surface area is 169 Å². The van der Waals surface area contributed by atoms with Crippen molar-refractivity contribution < 1.29 is 23.7 Å². The SMILES string of the molecule is COc1cccc(/C=C2\Oc3c4c(cc(C)c3C2=O)OCN(C2CC2)C4)c1OC. The maximum absolute atomic E-state index is 13.2. The highest BCUT2D eigenvalue weighted by atomic mass is 16.5. The zero-order valence-electron chi connectivity index (χ0n) is 16.8. The molecule has 6 nitrogen and oxygen atoms in total. The van der Waals surface area contributed by atoms with Crippen LogP contribution in [0.3, 0.4) is 0 Å². The van der Waals surface area contributed by atoms with Gasteiger partial charge in [0.25, 0.3) is 0 Å². The molecular formula is C23H23NO5. The van der Waals surface area contributed by atoms with E-state index in [1.165, 1.54) is 12.8 Å². The van der Waals surface area contributed by atoms with E-state index < -0.39 is 0 Å². The van der Waals surface area contributed by atoms with E-state index in [9.17, 15) is 4.79 Å². The number of methoxy groups -OCH3 is 2. The zero-order chi connectivity index (χ0) is 20.1. The molecule has 2 heterocycles. The fraction of sp³-hybridized carbons (Fsp3) is 0.348. The molecule has 0 saturated heterocycles. The summed E-state index contributed by atoms with van der Waals surface area (Å²) in [5, 5.41) is 0. The Balaban J connectivity index is 1.56. The molecule has 1 fully saturated rings. The number of aryl methyl sites for hydroxylation is 1. The van der Waals surface area contributed by atoms with Gasteiger partial charge in [-0.15, -0.1) is 0 Å². The third-order valence-electron chi connectivity index (χ3n) is 5.73. The average Bonchev–Trinajstić information content (AvgIpc) is 3.52. The molecule has 0 unspecified atom stereocenters. The number of hydrogen-bond acceptors (Lipinski definition) is 6. The van der Waals surface area contributed by atoms with Crippen molar-refractivity contribution in [3.8, 4) is 23.0 Å². The topological polar surface area (TPSA) is 57.2 Å². The van der Waals surface area contributed by atoms with Gasteiger partial charge in [0, 0.05) is 18.2 Å². The van der Waals surface area contributed by atoms with Crippen molar-refractivity contribution in [2.45, 2.75) is 32.4 Å². The Kier molecular flexibility index (Phi) is 4.24. The molecule has 0 atom stereocenters. The predicted molar refractivity (Wildman–Crippen MR) is 108 cm³/mol.